The minimum atomic E-state index is -0.559. The number of halogens is 2. The molecule has 0 unspecified atom stereocenters. The van der Waals surface area contributed by atoms with Crippen molar-refractivity contribution in [1.29, 1.82) is 0 Å². The lowest BCUT2D eigenvalue weighted by Gasteiger charge is -2.07. The van der Waals surface area contributed by atoms with Crippen molar-refractivity contribution in [3.8, 4) is 0 Å². The molecule has 0 saturated heterocycles. The van der Waals surface area contributed by atoms with Gasteiger partial charge in [0.1, 0.15) is 0 Å². The van der Waals surface area contributed by atoms with Crippen LogP contribution in [-0.2, 0) is 11.3 Å². The Kier molecular flexibility index (Phi) is 5.99. The first-order valence-corrected chi connectivity index (χ1v) is 9.26. The predicted molar refractivity (Wildman–Crippen MR) is 96.1 cm³/mol. The number of aryl methyl sites for hydroxylation is 1. The number of ether oxygens (including phenoxy) is 1. The number of hydrogen-bond donors (Lipinski definition) is 1. The Hall–Kier alpha value is -1.19. The van der Waals surface area contributed by atoms with E-state index in [1.165, 1.54) is 11.3 Å². The van der Waals surface area contributed by atoms with Gasteiger partial charge in [0, 0.05) is 17.2 Å². The number of amides is 1. The van der Waals surface area contributed by atoms with Crippen LogP contribution in [0.3, 0.4) is 0 Å². The molecule has 9 heteroatoms. The minimum Gasteiger partial charge on any atom is -0.458 e. The first kappa shape index (κ1) is 18.2. The Morgan fingerprint density at radius 1 is 1.43 bits per heavy atom. The van der Waals surface area contributed by atoms with Gasteiger partial charge >= 0.3 is 5.97 Å². The number of thiophene rings is 1. The van der Waals surface area contributed by atoms with Crippen molar-refractivity contribution >= 4 is 60.8 Å². The molecule has 1 N–H and O–H groups in total. The van der Waals surface area contributed by atoms with Crippen molar-refractivity contribution in [1.82, 2.24) is 9.78 Å². The van der Waals surface area contributed by atoms with E-state index in [0.29, 0.717) is 17.1 Å². The fraction of sp³-hybridized carbons (Fsp3) is 0.357. The van der Waals surface area contributed by atoms with Gasteiger partial charge in [0.2, 0.25) is 0 Å². The summed E-state index contributed by atoms with van der Waals surface area (Å²) in [5.41, 5.74) is 0.437. The number of anilines is 1. The normalized spacial score (nSPS) is 10.9. The summed E-state index contributed by atoms with van der Waals surface area (Å²) in [6.07, 6.45) is 1.36. The number of esters is 1. The molecule has 0 atom stereocenters. The second-order valence-electron chi connectivity index (χ2n) is 4.89. The highest BCUT2D eigenvalue weighted by atomic mass is 79.9. The average Bonchev–Trinajstić information content (AvgIpc) is 3.02. The molecule has 0 spiro atoms. The molecule has 124 valence electrons. The van der Waals surface area contributed by atoms with Crippen LogP contribution >= 0.6 is 43.2 Å². The standard InChI is InChI=1S/C14H15Br2N3O3S/c1-4-19-6-9(11(18-19)14(21)22-7(2)3)17-13(20)10-5-8(15)12(16)23-10/h5-7H,4H2,1-3H3,(H,17,20). The molecule has 2 aromatic rings. The fourth-order valence-corrected chi connectivity index (χ4v) is 3.67. The van der Waals surface area contributed by atoms with Crippen LogP contribution in [0.15, 0.2) is 20.5 Å². The topological polar surface area (TPSA) is 73.2 Å². The maximum Gasteiger partial charge on any atom is 0.361 e. The van der Waals surface area contributed by atoms with E-state index < -0.39 is 5.97 Å². The van der Waals surface area contributed by atoms with E-state index in [9.17, 15) is 9.59 Å². The van der Waals surface area contributed by atoms with Crippen LogP contribution in [0.2, 0.25) is 0 Å². The van der Waals surface area contributed by atoms with Gasteiger partial charge in [-0.05, 0) is 58.7 Å². The number of nitrogens with zero attached hydrogens (tertiary/aromatic N) is 2. The monoisotopic (exact) mass is 463 g/mol. The van der Waals surface area contributed by atoms with Crippen molar-refractivity contribution < 1.29 is 14.3 Å². The van der Waals surface area contributed by atoms with Crippen molar-refractivity contribution in [2.75, 3.05) is 5.32 Å². The van der Waals surface area contributed by atoms with Crippen LogP contribution in [0, 0.1) is 0 Å². The summed E-state index contributed by atoms with van der Waals surface area (Å²) < 4.78 is 8.37. The fourth-order valence-electron chi connectivity index (χ4n) is 1.74. The molecule has 2 aromatic heterocycles. The third-order valence-electron chi connectivity index (χ3n) is 2.74. The summed E-state index contributed by atoms with van der Waals surface area (Å²) >= 11 is 7.99. The lowest BCUT2D eigenvalue weighted by atomic mass is 10.3. The molecule has 0 aliphatic carbocycles. The van der Waals surface area contributed by atoms with Crippen molar-refractivity contribution in [2.24, 2.45) is 0 Å². The largest absolute Gasteiger partial charge is 0.458 e. The molecule has 0 saturated carbocycles. The molecule has 23 heavy (non-hydrogen) atoms. The quantitative estimate of drug-likeness (QED) is 0.669. The molecule has 6 nitrogen and oxygen atoms in total. The highest BCUT2D eigenvalue weighted by molar-refractivity contribution is 9.13. The van der Waals surface area contributed by atoms with Crippen LogP contribution in [-0.4, -0.2) is 27.8 Å². The van der Waals surface area contributed by atoms with Crippen molar-refractivity contribution in [3.05, 3.63) is 31.1 Å². The summed E-state index contributed by atoms with van der Waals surface area (Å²) in [6.45, 7) is 5.99. The average molecular weight is 465 g/mol. The number of carbonyl (C=O) groups excluding carboxylic acids is 2. The van der Waals surface area contributed by atoms with Crippen molar-refractivity contribution in [2.45, 2.75) is 33.4 Å². The Morgan fingerprint density at radius 3 is 2.65 bits per heavy atom. The molecule has 1 amide bonds. The maximum absolute atomic E-state index is 12.3. The summed E-state index contributed by atoms with van der Waals surface area (Å²) in [7, 11) is 0. The number of rotatable bonds is 5. The van der Waals surface area contributed by atoms with Gasteiger partial charge in [-0.1, -0.05) is 0 Å². The molecule has 0 bridgehead atoms. The van der Waals surface area contributed by atoms with Gasteiger partial charge in [-0.15, -0.1) is 11.3 Å². The molecule has 0 aromatic carbocycles. The van der Waals surface area contributed by atoms with Gasteiger partial charge in [0.25, 0.3) is 5.91 Å². The summed E-state index contributed by atoms with van der Waals surface area (Å²) in [6, 6.07) is 1.71. The Balaban J connectivity index is 2.26. The third kappa shape index (κ3) is 4.42. The molecular formula is C14H15Br2N3O3S. The molecule has 2 heterocycles. The molecule has 0 aliphatic heterocycles. The Morgan fingerprint density at radius 2 is 2.13 bits per heavy atom. The lowest BCUT2D eigenvalue weighted by molar-refractivity contribution is 0.0371. The number of hydrogen-bond acceptors (Lipinski definition) is 5. The zero-order valence-corrected chi connectivity index (χ0v) is 16.7. The zero-order valence-electron chi connectivity index (χ0n) is 12.7. The summed E-state index contributed by atoms with van der Waals surface area (Å²) in [4.78, 5) is 25.0. The predicted octanol–water partition coefficient (Wildman–Crippen LogP) is 4.31. The van der Waals surface area contributed by atoms with Crippen LogP contribution in [0.4, 0.5) is 5.69 Å². The second kappa shape index (κ2) is 7.59. The van der Waals surface area contributed by atoms with E-state index in [0.717, 1.165) is 8.26 Å². The van der Waals surface area contributed by atoms with Gasteiger partial charge in [-0.3, -0.25) is 9.48 Å². The molecule has 0 radical (unpaired) electrons. The number of aromatic nitrogens is 2. The van der Waals surface area contributed by atoms with E-state index in [-0.39, 0.29) is 17.7 Å². The van der Waals surface area contributed by atoms with Gasteiger partial charge in [-0.2, -0.15) is 5.10 Å². The van der Waals surface area contributed by atoms with Gasteiger partial charge in [0.05, 0.1) is 20.5 Å². The van der Waals surface area contributed by atoms with Gasteiger partial charge < -0.3 is 10.1 Å². The molecular weight excluding hydrogens is 450 g/mol. The lowest BCUT2D eigenvalue weighted by Crippen LogP contribution is -2.16. The molecule has 0 fully saturated rings. The Labute approximate surface area is 154 Å². The van der Waals surface area contributed by atoms with E-state index in [2.05, 4.69) is 42.3 Å². The van der Waals surface area contributed by atoms with Crippen LogP contribution in [0.25, 0.3) is 0 Å². The Bertz CT molecular complexity index is 720. The molecule has 0 aliphatic rings. The smallest absolute Gasteiger partial charge is 0.361 e. The van der Waals surface area contributed by atoms with Crippen LogP contribution in [0.5, 0.6) is 0 Å². The number of nitrogens with one attached hydrogen (secondary N) is 1. The van der Waals surface area contributed by atoms with Crippen LogP contribution < -0.4 is 5.32 Å². The maximum atomic E-state index is 12.3. The minimum absolute atomic E-state index is 0.101. The molecule has 2 rings (SSSR count). The summed E-state index contributed by atoms with van der Waals surface area (Å²) in [5, 5.41) is 6.89. The number of carbonyl (C=O) groups is 2. The van der Waals surface area contributed by atoms with Crippen LogP contribution in [0.1, 0.15) is 40.9 Å². The second-order valence-corrected chi connectivity index (χ2v) is 8.11. The third-order valence-corrected chi connectivity index (χ3v) is 5.99. The highest BCUT2D eigenvalue weighted by Crippen LogP contribution is 2.32. The van der Waals surface area contributed by atoms with Gasteiger partial charge in [0.15, 0.2) is 5.69 Å². The zero-order chi connectivity index (χ0) is 17.1. The van der Waals surface area contributed by atoms with E-state index in [4.69, 9.17) is 4.74 Å². The highest BCUT2D eigenvalue weighted by Gasteiger charge is 2.22. The first-order valence-electron chi connectivity index (χ1n) is 6.86. The van der Waals surface area contributed by atoms with E-state index >= 15 is 0 Å². The van der Waals surface area contributed by atoms with Crippen molar-refractivity contribution in [3.63, 3.8) is 0 Å². The first-order chi connectivity index (χ1) is 10.8. The summed E-state index contributed by atoms with van der Waals surface area (Å²) in [5.74, 6) is -0.869. The van der Waals surface area contributed by atoms with E-state index in [1.807, 2.05) is 6.92 Å². The van der Waals surface area contributed by atoms with E-state index in [1.54, 1.807) is 30.8 Å². The van der Waals surface area contributed by atoms with Gasteiger partial charge in [-0.25, -0.2) is 4.79 Å². The SMILES string of the molecule is CCn1cc(NC(=O)c2cc(Br)c(Br)s2)c(C(=O)OC(C)C)n1.